The van der Waals surface area contributed by atoms with E-state index in [2.05, 4.69) is 6.07 Å². The van der Waals surface area contributed by atoms with Crippen LogP contribution in [0.25, 0.3) is 0 Å². The Kier molecular flexibility index (Phi) is 3.86. The van der Waals surface area contributed by atoms with E-state index in [9.17, 15) is 4.79 Å². The number of carbonyl (C=O) groups excluding carboxylic acids is 1. The first-order valence-electron chi connectivity index (χ1n) is 7.47. The fourth-order valence-corrected chi connectivity index (χ4v) is 3.14. The molecule has 0 bridgehead atoms. The lowest BCUT2D eigenvalue weighted by atomic mass is 9.81. The van der Waals surface area contributed by atoms with Gasteiger partial charge >= 0.3 is 5.97 Å². The second-order valence-electron chi connectivity index (χ2n) is 5.44. The molecule has 0 fully saturated rings. The number of rotatable bonds is 3. The Bertz CT molecular complexity index is 589. The topological polar surface area (TPSA) is 44.8 Å². The van der Waals surface area contributed by atoms with Gasteiger partial charge in [-0.15, -0.1) is 0 Å². The molecule has 0 saturated heterocycles. The zero-order valence-electron chi connectivity index (χ0n) is 12.5. The van der Waals surface area contributed by atoms with E-state index < -0.39 is 0 Å². The molecular weight excluding hydrogens is 268 g/mol. The summed E-state index contributed by atoms with van der Waals surface area (Å²) in [6, 6.07) is 2.17. The number of hydrogen-bond acceptors (Lipinski definition) is 4. The average Bonchev–Trinajstić information content (AvgIpc) is 2.96. The summed E-state index contributed by atoms with van der Waals surface area (Å²) in [6.45, 7) is 4.55. The predicted molar refractivity (Wildman–Crippen MR) is 78.8 cm³/mol. The molecule has 0 radical (unpaired) electrons. The van der Waals surface area contributed by atoms with Crippen molar-refractivity contribution in [2.45, 2.75) is 39.0 Å². The van der Waals surface area contributed by atoms with E-state index in [1.54, 1.807) is 6.08 Å². The van der Waals surface area contributed by atoms with Gasteiger partial charge in [-0.1, -0.05) is 12.1 Å². The maximum Gasteiger partial charge on any atom is 0.330 e. The van der Waals surface area contributed by atoms with Crippen molar-refractivity contribution < 1.29 is 19.0 Å². The molecule has 2 aliphatic rings. The van der Waals surface area contributed by atoms with E-state index in [-0.39, 0.29) is 11.9 Å². The van der Waals surface area contributed by atoms with E-state index in [4.69, 9.17) is 14.2 Å². The highest BCUT2D eigenvalue weighted by molar-refractivity contribution is 5.82. The minimum absolute atomic E-state index is 0.242. The van der Waals surface area contributed by atoms with Crippen LogP contribution < -0.4 is 9.47 Å². The summed E-state index contributed by atoms with van der Waals surface area (Å²) >= 11 is 0. The van der Waals surface area contributed by atoms with Gasteiger partial charge in [0.1, 0.15) is 0 Å². The molecule has 0 aromatic heterocycles. The summed E-state index contributed by atoms with van der Waals surface area (Å²) in [7, 11) is 0. The molecule has 0 saturated carbocycles. The number of carbonyl (C=O) groups is 1. The third-order valence-electron chi connectivity index (χ3n) is 4.06. The van der Waals surface area contributed by atoms with Gasteiger partial charge in [0.15, 0.2) is 11.5 Å². The van der Waals surface area contributed by atoms with Crippen molar-refractivity contribution in [3.63, 3.8) is 0 Å². The van der Waals surface area contributed by atoms with Crippen molar-refractivity contribution in [2.75, 3.05) is 13.4 Å². The minimum Gasteiger partial charge on any atom is -0.463 e. The smallest absolute Gasteiger partial charge is 0.330 e. The van der Waals surface area contributed by atoms with E-state index in [1.807, 2.05) is 19.9 Å². The van der Waals surface area contributed by atoms with Gasteiger partial charge in [-0.25, -0.2) is 4.79 Å². The molecule has 1 aromatic carbocycles. The molecule has 1 atom stereocenters. The number of allylic oxidation sites excluding steroid dienone is 1. The molecule has 4 nitrogen and oxygen atoms in total. The summed E-state index contributed by atoms with van der Waals surface area (Å²) in [4.78, 5) is 11.5. The van der Waals surface area contributed by atoms with Crippen LogP contribution in [0.1, 0.15) is 42.4 Å². The summed E-state index contributed by atoms with van der Waals surface area (Å²) in [5.74, 6) is 1.75. The fraction of sp³-hybridized carbons (Fsp3) is 0.471. The first-order chi connectivity index (χ1) is 10.2. The molecule has 0 amide bonds. The van der Waals surface area contributed by atoms with Crippen LogP contribution in [-0.2, 0) is 16.0 Å². The monoisotopic (exact) mass is 288 g/mol. The molecular formula is C17H20O4. The summed E-state index contributed by atoms with van der Waals surface area (Å²) in [6.07, 6.45) is 6.64. The normalized spacial score (nSPS) is 19.6. The van der Waals surface area contributed by atoms with Gasteiger partial charge in [0, 0.05) is 17.6 Å². The van der Waals surface area contributed by atoms with Crippen molar-refractivity contribution in [3.05, 3.63) is 34.9 Å². The molecule has 1 aliphatic carbocycles. The second kappa shape index (κ2) is 5.80. The molecule has 112 valence electrons. The molecule has 1 aliphatic heterocycles. The van der Waals surface area contributed by atoms with Crippen LogP contribution in [0.3, 0.4) is 0 Å². The van der Waals surface area contributed by atoms with Crippen molar-refractivity contribution in [1.82, 2.24) is 0 Å². The van der Waals surface area contributed by atoms with E-state index in [0.29, 0.717) is 13.4 Å². The van der Waals surface area contributed by atoms with Gasteiger partial charge in [-0.2, -0.15) is 0 Å². The highest BCUT2D eigenvalue weighted by atomic mass is 16.7. The average molecular weight is 288 g/mol. The number of benzene rings is 1. The number of hydrogen-bond donors (Lipinski definition) is 0. The van der Waals surface area contributed by atoms with Gasteiger partial charge in [-0.3, -0.25) is 0 Å². The Balaban J connectivity index is 1.92. The molecule has 21 heavy (non-hydrogen) atoms. The van der Waals surface area contributed by atoms with Gasteiger partial charge in [-0.05, 0) is 44.2 Å². The van der Waals surface area contributed by atoms with Crippen LogP contribution in [0.4, 0.5) is 0 Å². The SMILES string of the molecule is CCOC(=O)/C=C/C1CCCc2c1cc(C)c1c2OCO1. The van der Waals surface area contributed by atoms with E-state index >= 15 is 0 Å². The zero-order valence-corrected chi connectivity index (χ0v) is 12.5. The largest absolute Gasteiger partial charge is 0.463 e. The van der Waals surface area contributed by atoms with Gasteiger partial charge in [0.2, 0.25) is 6.79 Å². The van der Waals surface area contributed by atoms with Crippen LogP contribution in [0.2, 0.25) is 0 Å². The third-order valence-corrected chi connectivity index (χ3v) is 4.06. The number of ether oxygens (including phenoxy) is 3. The zero-order chi connectivity index (χ0) is 14.8. The van der Waals surface area contributed by atoms with Crippen LogP contribution in [-0.4, -0.2) is 19.4 Å². The molecule has 1 aromatic rings. The van der Waals surface area contributed by atoms with E-state index in [0.717, 1.165) is 36.3 Å². The van der Waals surface area contributed by atoms with Crippen LogP contribution >= 0.6 is 0 Å². The van der Waals surface area contributed by atoms with Crippen LogP contribution in [0, 0.1) is 6.92 Å². The quantitative estimate of drug-likeness (QED) is 0.632. The Morgan fingerprint density at radius 2 is 2.24 bits per heavy atom. The number of fused-ring (bicyclic) bond motifs is 3. The minimum atomic E-state index is -0.276. The maximum absolute atomic E-state index is 11.5. The standard InChI is InChI=1S/C17H20O4/c1-3-19-15(18)8-7-12-5-4-6-13-14(12)9-11(2)16-17(13)21-10-20-16/h7-9,12H,3-6,10H2,1-2H3/b8-7+. The highest BCUT2D eigenvalue weighted by Crippen LogP contribution is 2.46. The van der Waals surface area contributed by atoms with Gasteiger partial charge in [0.05, 0.1) is 6.61 Å². The summed E-state index contributed by atoms with van der Waals surface area (Å²) in [5, 5.41) is 0. The Morgan fingerprint density at radius 3 is 3.05 bits per heavy atom. The lowest BCUT2D eigenvalue weighted by Gasteiger charge is -2.25. The molecule has 0 N–H and O–H groups in total. The Morgan fingerprint density at radius 1 is 1.43 bits per heavy atom. The molecule has 1 unspecified atom stereocenters. The predicted octanol–water partition coefficient (Wildman–Crippen LogP) is 3.26. The lowest BCUT2D eigenvalue weighted by molar-refractivity contribution is -0.137. The van der Waals surface area contributed by atoms with Crippen molar-refractivity contribution in [3.8, 4) is 11.5 Å². The first-order valence-corrected chi connectivity index (χ1v) is 7.47. The molecule has 4 heteroatoms. The molecule has 0 spiro atoms. The Labute approximate surface area is 124 Å². The fourth-order valence-electron chi connectivity index (χ4n) is 3.14. The van der Waals surface area contributed by atoms with Crippen LogP contribution in [0.15, 0.2) is 18.2 Å². The second-order valence-corrected chi connectivity index (χ2v) is 5.44. The summed E-state index contributed by atoms with van der Waals surface area (Å²) < 4.78 is 16.1. The van der Waals surface area contributed by atoms with Crippen molar-refractivity contribution in [2.24, 2.45) is 0 Å². The highest BCUT2D eigenvalue weighted by Gasteiger charge is 2.28. The number of aryl methyl sites for hydroxylation is 1. The lowest BCUT2D eigenvalue weighted by Crippen LogP contribution is -2.10. The van der Waals surface area contributed by atoms with Gasteiger partial charge < -0.3 is 14.2 Å². The van der Waals surface area contributed by atoms with Crippen molar-refractivity contribution >= 4 is 5.97 Å². The third kappa shape index (κ3) is 2.62. The van der Waals surface area contributed by atoms with Crippen LogP contribution in [0.5, 0.6) is 11.5 Å². The molecule has 1 heterocycles. The molecule has 3 rings (SSSR count). The summed E-state index contributed by atoms with van der Waals surface area (Å²) in [5.41, 5.74) is 3.58. The van der Waals surface area contributed by atoms with Crippen molar-refractivity contribution in [1.29, 1.82) is 0 Å². The van der Waals surface area contributed by atoms with E-state index in [1.165, 1.54) is 11.1 Å². The maximum atomic E-state index is 11.5. The number of esters is 1. The first kappa shape index (κ1) is 14.0. The Hall–Kier alpha value is -1.97. The van der Waals surface area contributed by atoms with Gasteiger partial charge in [0.25, 0.3) is 0 Å².